The Kier molecular flexibility index (Phi) is 7.40. The Hall–Kier alpha value is -1.77. The SMILES string of the molecule is CCCCCO/C(=C\C(=O)NCC)c1ccccc1. The highest BCUT2D eigenvalue weighted by molar-refractivity contribution is 5.93. The molecule has 0 saturated heterocycles. The Morgan fingerprint density at radius 3 is 2.58 bits per heavy atom. The molecular weight excluding hydrogens is 238 g/mol. The summed E-state index contributed by atoms with van der Waals surface area (Å²) in [6.45, 7) is 5.32. The third-order valence-corrected chi connectivity index (χ3v) is 2.68. The number of nitrogens with one attached hydrogen (secondary N) is 1. The first-order chi connectivity index (χ1) is 9.27. The van der Waals surface area contributed by atoms with E-state index in [1.165, 1.54) is 6.08 Å². The van der Waals surface area contributed by atoms with Crippen molar-refractivity contribution in [2.75, 3.05) is 13.2 Å². The molecule has 0 atom stereocenters. The van der Waals surface area contributed by atoms with Gasteiger partial charge >= 0.3 is 0 Å². The Morgan fingerprint density at radius 2 is 1.95 bits per heavy atom. The van der Waals surface area contributed by atoms with Crippen LogP contribution in [0.4, 0.5) is 0 Å². The van der Waals surface area contributed by atoms with Crippen molar-refractivity contribution >= 4 is 11.7 Å². The molecule has 0 fully saturated rings. The van der Waals surface area contributed by atoms with Gasteiger partial charge in [-0.2, -0.15) is 0 Å². The van der Waals surface area contributed by atoms with Gasteiger partial charge in [-0.25, -0.2) is 0 Å². The van der Waals surface area contributed by atoms with Crippen LogP contribution in [0.1, 0.15) is 38.7 Å². The largest absolute Gasteiger partial charge is 0.493 e. The minimum absolute atomic E-state index is 0.114. The molecule has 0 bridgehead atoms. The van der Waals surface area contributed by atoms with Crippen LogP contribution in [-0.4, -0.2) is 19.1 Å². The zero-order valence-electron chi connectivity index (χ0n) is 11.8. The summed E-state index contributed by atoms with van der Waals surface area (Å²) in [5.74, 6) is 0.527. The van der Waals surface area contributed by atoms with Gasteiger partial charge in [-0.15, -0.1) is 0 Å². The highest BCUT2D eigenvalue weighted by atomic mass is 16.5. The van der Waals surface area contributed by atoms with Gasteiger partial charge in [0.15, 0.2) is 0 Å². The van der Waals surface area contributed by atoms with Crippen LogP contribution in [0.3, 0.4) is 0 Å². The standard InChI is InChI=1S/C16H23NO2/c1-3-5-9-12-19-15(13-16(18)17-4-2)14-10-7-6-8-11-14/h6-8,10-11,13H,3-5,9,12H2,1-2H3,(H,17,18)/b15-13-. The summed E-state index contributed by atoms with van der Waals surface area (Å²) < 4.78 is 5.75. The number of amides is 1. The Bertz CT molecular complexity index is 398. The summed E-state index contributed by atoms with van der Waals surface area (Å²) in [5.41, 5.74) is 0.935. The molecule has 1 aromatic rings. The van der Waals surface area contributed by atoms with Crippen LogP contribution < -0.4 is 5.32 Å². The second-order valence-electron chi connectivity index (χ2n) is 4.32. The van der Waals surface area contributed by atoms with Crippen LogP contribution in [0.2, 0.25) is 0 Å². The smallest absolute Gasteiger partial charge is 0.247 e. The zero-order valence-corrected chi connectivity index (χ0v) is 11.8. The van der Waals surface area contributed by atoms with Gasteiger partial charge in [-0.1, -0.05) is 50.1 Å². The van der Waals surface area contributed by atoms with Crippen molar-refractivity contribution < 1.29 is 9.53 Å². The molecule has 0 aliphatic heterocycles. The molecule has 19 heavy (non-hydrogen) atoms. The number of benzene rings is 1. The normalized spacial score (nSPS) is 11.2. The molecule has 104 valence electrons. The van der Waals surface area contributed by atoms with E-state index in [0.717, 1.165) is 24.8 Å². The van der Waals surface area contributed by atoms with E-state index in [2.05, 4.69) is 12.2 Å². The molecule has 0 unspecified atom stereocenters. The van der Waals surface area contributed by atoms with Crippen LogP contribution >= 0.6 is 0 Å². The average Bonchev–Trinajstić information content (AvgIpc) is 2.43. The predicted molar refractivity (Wildman–Crippen MR) is 78.6 cm³/mol. The van der Waals surface area contributed by atoms with Crippen molar-refractivity contribution in [3.8, 4) is 0 Å². The number of unbranched alkanes of at least 4 members (excludes halogenated alkanes) is 2. The van der Waals surface area contributed by atoms with E-state index in [9.17, 15) is 4.79 Å². The van der Waals surface area contributed by atoms with Crippen molar-refractivity contribution in [1.82, 2.24) is 5.32 Å². The molecule has 0 spiro atoms. The minimum Gasteiger partial charge on any atom is -0.493 e. The molecule has 0 aromatic heterocycles. The molecule has 0 aliphatic carbocycles. The Balaban J connectivity index is 2.71. The highest BCUT2D eigenvalue weighted by Crippen LogP contribution is 2.16. The molecule has 1 N–H and O–H groups in total. The number of carbonyl (C=O) groups excluding carboxylic acids is 1. The fraction of sp³-hybridized carbons (Fsp3) is 0.438. The lowest BCUT2D eigenvalue weighted by atomic mass is 10.2. The second kappa shape index (κ2) is 9.20. The number of ether oxygens (including phenoxy) is 1. The summed E-state index contributed by atoms with van der Waals surface area (Å²) in [5, 5.41) is 2.75. The highest BCUT2D eigenvalue weighted by Gasteiger charge is 2.05. The lowest BCUT2D eigenvalue weighted by Crippen LogP contribution is -2.20. The monoisotopic (exact) mass is 261 g/mol. The van der Waals surface area contributed by atoms with E-state index in [4.69, 9.17) is 4.74 Å². The fourth-order valence-corrected chi connectivity index (χ4v) is 1.69. The number of carbonyl (C=O) groups is 1. The first-order valence-corrected chi connectivity index (χ1v) is 6.95. The van der Waals surface area contributed by atoms with Gasteiger partial charge in [-0.3, -0.25) is 4.79 Å². The molecule has 1 amide bonds. The van der Waals surface area contributed by atoms with Gasteiger partial charge in [0.1, 0.15) is 5.76 Å². The first kappa shape index (κ1) is 15.3. The van der Waals surface area contributed by atoms with Crippen molar-refractivity contribution in [1.29, 1.82) is 0 Å². The Labute approximate surface area is 115 Å². The number of rotatable bonds is 8. The Morgan fingerprint density at radius 1 is 1.21 bits per heavy atom. The molecule has 1 aromatic carbocycles. The number of hydrogen-bond acceptors (Lipinski definition) is 2. The van der Waals surface area contributed by atoms with Crippen molar-refractivity contribution in [2.24, 2.45) is 0 Å². The van der Waals surface area contributed by atoms with Gasteiger partial charge in [0, 0.05) is 18.2 Å². The van der Waals surface area contributed by atoms with E-state index >= 15 is 0 Å². The van der Waals surface area contributed by atoms with Gasteiger partial charge in [0.2, 0.25) is 5.91 Å². The lowest BCUT2D eigenvalue weighted by Gasteiger charge is -2.10. The maximum absolute atomic E-state index is 11.6. The quantitative estimate of drug-likeness (QED) is 0.442. The van der Waals surface area contributed by atoms with E-state index in [0.29, 0.717) is 18.9 Å². The molecule has 1 rings (SSSR count). The third kappa shape index (κ3) is 6.09. The molecule has 0 radical (unpaired) electrons. The first-order valence-electron chi connectivity index (χ1n) is 6.95. The van der Waals surface area contributed by atoms with E-state index < -0.39 is 0 Å². The molecular formula is C16H23NO2. The van der Waals surface area contributed by atoms with Crippen molar-refractivity contribution in [3.05, 3.63) is 42.0 Å². The maximum Gasteiger partial charge on any atom is 0.247 e. The summed E-state index contributed by atoms with van der Waals surface area (Å²) in [4.78, 5) is 11.6. The van der Waals surface area contributed by atoms with Gasteiger partial charge in [0.25, 0.3) is 0 Å². The van der Waals surface area contributed by atoms with Crippen molar-refractivity contribution in [2.45, 2.75) is 33.1 Å². The van der Waals surface area contributed by atoms with Gasteiger partial charge < -0.3 is 10.1 Å². The topological polar surface area (TPSA) is 38.3 Å². The number of hydrogen-bond donors (Lipinski definition) is 1. The molecule has 0 aliphatic rings. The van der Waals surface area contributed by atoms with Crippen LogP contribution in [0.15, 0.2) is 36.4 Å². The molecule has 0 heterocycles. The third-order valence-electron chi connectivity index (χ3n) is 2.68. The molecule has 3 nitrogen and oxygen atoms in total. The summed E-state index contributed by atoms with van der Waals surface area (Å²) in [6, 6.07) is 9.73. The second-order valence-corrected chi connectivity index (χ2v) is 4.32. The minimum atomic E-state index is -0.114. The zero-order chi connectivity index (χ0) is 13.9. The molecule has 3 heteroatoms. The lowest BCUT2D eigenvalue weighted by molar-refractivity contribution is -0.116. The van der Waals surface area contributed by atoms with Gasteiger partial charge in [0.05, 0.1) is 6.61 Å². The summed E-state index contributed by atoms with van der Waals surface area (Å²) in [7, 11) is 0. The predicted octanol–water partition coefficient (Wildman–Crippen LogP) is 3.37. The number of likely N-dealkylation sites (N-methyl/N-ethyl adjacent to an activating group) is 1. The maximum atomic E-state index is 11.6. The summed E-state index contributed by atoms with van der Waals surface area (Å²) in [6.07, 6.45) is 4.84. The van der Waals surface area contributed by atoms with E-state index in [-0.39, 0.29) is 5.91 Å². The van der Waals surface area contributed by atoms with Crippen LogP contribution in [0.5, 0.6) is 0 Å². The fourth-order valence-electron chi connectivity index (χ4n) is 1.69. The van der Waals surface area contributed by atoms with E-state index in [1.54, 1.807) is 0 Å². The van der Waals surface area contributed by atoms with Crippen LogP contribution in [0.25, 0.3) is 5.76 Å². The van der Waals surface area contributed by atoms with E-state index in [1.807, 2.05) is 37.3 Å². The van der Waals surface area contributed by atoms with Crippen LogP contribution in [0, 0.1) is 0 Å². The van der Waals surface area contributed by atoms with Crippen LogP contribution in [-0.2, 0) is 9.53 Å². The van der Waals surface area contributed by atoms with Gasteiger partial charge in [-0.05, 0) is 13.3 Å². The van der Waals surface area contributed by atoms with Crippen molar-refractivity contribution in [3.63, 3.8) is 0 Å². The average molecular weight is 261 g/mol. The molecule has 0 saturated carbocycles. The summed E-state index contributed by atoms with van der Waals surface area (Å²) >= 11 is 0.